The predicted molar refractivity (Wildman–Crippen MR) is 79.7 cm³/mol. The minimum Gasteiger partial charge on any atom is -0.494 e. The second-order valence-corrected chi connectivity index (χ2v) is 4.71. The fourth-order valence-corrected chi connectivity index (χ4v) is 1.99. The Labute approximate surface area is 122 Å². The fourth-order valence-electron chi connectivity index (χ4n) is 1.99. The largest absolute Gasteiger partial charge is 0.494 e. The molecule has 0 radical (unpaired) electrons. The van der Waals surface area contributed by atoms with Crippen LogP contribution >= 0.6 is 0 Å². The molecule has 1 atom stereocenters. The predicted octanol–water partition coefficient (Wildman–Crippen LogP) is 2.91. The fraction of sp³-hybridized carbons (Fsp3) is 0.188. The van der Waals surface area contributed by atoms with Crippen molar-refractivity contribution in [3.05, 3.63) is 59.4 Å². The maximum absolute atomic E-state index is 13.3. The van der Waals surface area contributed by atoms with Crippen LogP contribution in [0.1, 0.15) is 28.9 Å². The Balaban J connectivity index is 2.14. The highest BCUT2D eigenvalue weighted by molar-refractivity contribution is 5.94. The molecule has 1 unspecified atom stereocenters. The molecule has 2 aromatic carbocycles. The molecule has 2 rings (SSSR count). The van der Waals surface area contributed by atoms with E-state index in [1.54, 1.807) is 12.1 Å². The average molecular weight is 288 g/mol. The standard InChI is InChI=1S/C16H17FN2O2/c1-10(11-4-3-5-13(18)8-11)19-16(20)12-6-7-14(17)15(9-12)21-2/h3-10H,18H2,1-2H3,(H,19,20). The van der Waals surface area contributed by atoms with Gasteiger partial charge in [0.1, 0.15) is 0 Å². The molecule has 2 aromatic rings. The normalized spacial score (nSPS) is 11.8. The van der Waals surface area contributed by atoms with Crippen molar-refractivity contribution in [1.29, 1.82) is 0 Å². The summed E-state index contributed by atoms with van der Waals surface area (Å²) in [4.78, 5) is 12.2. The first-order valence-electron chi connectivity index (χ1n) is 6.51. The lowest BCUT2D eigenvalue weighted by atomic mass is 10.1. The Morgan fingerprint density at radius 3 is 2.71 bits per heavy atom. The number of amides is 1. The van der Waals surface area contributed by atoms with Gasteiger partial charge in [-0.1, -0.05) is 12.1 Å². The van der Waals surface area contributed by atoms with Gasteiger partial charge in [-0.25, -0.2) is 4.39 Å². The summed E-state index contributed by atoms with van der Waals surface area (Å²) >= 11 is 0. The van der Waals surface area contributed by atoms with Crippen LogP contribution in [0.5, 0.6) is 5.75 Å². The summed E-state index contributed by atoms with van der Waals surface area (Å²) < 4.78 is 18.2. The number of benzene rings is 2. The second-order valence-electron chi connectivity index (χ2n) is 4.71. The van der Waals surface area contributed by atoms with E-state index in [2.05, 4.69) is 5.32 Å². The number of carbonyl (C=O) groups is 1. The summed E-state index contributed by atoms with van der Waals surface area (Å²) in [6.45, 7) is 1.85. The zero-order chi connectivity index (χ0) is 15.4. The third-order valence-electron chi connectivity index (χ3n) is 3.17. The van der Waals surface area contributed by atoms with Gasteiger partial charge in [-0.15, -0.1) is 0 Å². The Hall–Kier alpha value is -2.56. The van der Waals surface area contributed by atoms with Gasteiger partial charge < -0.3 is 15.8 Å². The molecule has 3 N–H and O–H groups in total. The smallest absolute Gasteiger partial charge is 0.251 e. The molecule has 0 spiro atoms. The Morgan fingerprint density at radius 1 is 1.29 bits per heavy atom. The van der Waals surface area contributed by atoms with Crippen LogP contribution in [-0.4, -0.2) is 13.0 Å². The zero-order valence-corrected chi connectivity index (χ0v) is 11.9. The summed E-state index contributed by atoms with van der Waals surface area (Å²) in [6.07, 6.45) is 0. The van der Waals surface area contributed by atoms with Gasteiger partial charge in [0.2, 0.25) is 0 Å². The number of rotatable bonds is 4. The number of ether oxygens (including phenoxy) is 1. The zero-order valence-electron chi connectivity index (χ0n) is 11.9. The molecule has 0 aliphatic carbocycles. The lowest BCUT2D eigenvalue weighted by molar-refractivity contribution is 0.0939. The number of nitrogens with one attached hydrogen (secondary N) is 1. The Bertz CT molecular complexity index is 658. The van der Waals surface area contributed by atoms with Gasteiger partial charge in [0, 0.05) is 11.3 Å². The first-order chi connectivity index (χ1) is 10.0. The van der Waals surface area contributed by atoms with Crippen molar-refractivity contribution in [2.45, 2.75) is 13.0 Å². The van der Waals surface area contributed by atoms with Crippen molar-refractivity contribution in [1.82, 2.24) is 5.32 Å². The van der Waals surface area contributed by atoms with E-state index in [1.165, 1.54) is 25.3 Å². The van der Waals surface area contributed by atoms with Crippen molar-refractivity contribution in [2.75, 3.05) is 12.8 Å². The Kier molecular flexibility index (Phi) is 4.42. The summed E-state index contributed by atoms with van der Waals surface area (Å²) in [5, 5.41) is 2.84. The summed E-state index contributed by atoms with van der Waals surface area (Å²) in [6, 6.07) is 11.1. The summed E-state index contributed by atoms with van der Waals surface area (Å²) in [5.41, 5.74) is 7.60. The van der Waals surface area contributed by atoms with Crippen molar-refractivity contribution in [2.24, 2.45) is 0 Å². The minimum absolute atomic E-state index is 0.0410. The summed E-state index contributed by atoms with van der Waals surface area (Å²) in [5.74, 6) is -0.764. The van der Waals surface area contributed by atoms with E-state index in [4.69, 9.17) is 10.5 Å². The van der Waals surface area contributed by atoms with Gasteiger partial charge in [0.15, 0.2) is 11.6 Å². The van der Waals surface area contributed by atoms with E-state index in [0.717, 1.165) is 5.56 Å². The molecule has 0 fully saturated rings. The van der Waals surface area contributed by atoms with Gasteiger partial charge in [0.05, 0.1) is 13.2 Å². The molecular formula is C16H17FN2O2. The number of nitrogen functional groups attached to an aromatic ring is 1. The van der Waals surface area contributed by atoms with Crippen molar-refractivity contribution < 1.29 is 13.9 Å². The van der Waals surface area contributed by atoms with E-state index in [0.29, 0.717) is 11.3 Å². The van der Waals surface area contributed by atoms with E-state index < -0.39 is 5.82 Å². The molecule has 110 valence electrons. The first kappa shape index (κ1) is 14.8. The van der Waals surface area contributed by atoms with Crippen LogP contribution in [0.25, 0.3) is 0 Å². The van der Waals surface area contributed by atoms with Crippen LogP contribution < -0.4 is 15.8 Å². The molecule has 0 bridgehead atoms. The number of halogens is 1. The van der Waals surface area contributed by atoms with Crippen LogP contribution in [0, 0.1) is 5.82 Å². The lowest BCUT2D eigenvalue weighted by Crippen LogP contribution is -2.26. The number of nitrogens with two attached hydrogens (primary N) is 1. The number of hydrogen-bond donors (Lipinski definition) is 2. The van der Waals surface area contributed by atoms with Crippen LogP contribution in [0.4, 0.5) is 10.1 Å². The highest BCUT2D eigenvalue weighted by atomic mass is 19.1. The topological polar surface area (TPSA) is 64.3 Å². The third-order valence-corrected chi connectivity index (χ3v) is 3.17. The molecule has 4 nitrogen and oxygen atoms in total. The van der Waals surface area contributed by atoms with Gasteiger partial charge in [-0.2, -0.15) is 0 Å². The molecule has 0 saturated carbocycles. The number of hydrogen-bond acceptors (Lipinski definition) is 3. The van der Waals surface area contributed by atoms with E-state index in [1.807, 2.05) is 19.1 Å². The maximum Gasteiger partial charge on any atom is 0.251 e. The van der Waals surface area contributed by atoms with E-state index in [-0.39, 0.29) is 17.7 Å². The molecule has 0 heterocycles. The molecule has 1 amide bonds. The quantitative estimate of drug-likeness (QED) is 0.850. The van der Waals surface area contributed by atoms with Crippen LogP contribution in [0.3, 0.4) is 0 Å². The maximum atomic E-state index is 13.3. The van der Waals surface area contributed by atoms with Crippen molar-refractivity contribution in [3.63, 3.8) is 0 Å². The molecule has 0 aliphatic heterocycles. The van der Waals surface area contributed by atoms with Gasteiger partial charge in [0.25, 0.3) is 5.91 Å². The molecular weight excluding hydrogens is 271 g/mol. The molecule has 0 saturated heterocycles. The highest BCUT2D eigenvalue weighted by Crippen LogP contribution is 2.20. The lowest BCUT2D eigenvalue weighted by Gasteiger charge is -2.15. The molecule has 5 heteroatoms. The van der Waals surface area contributed by atoms with Crippen molar-refractivity contribution >= 4 is 11.6 Å². The second kappa shape index (κ2) is 6.26. The summed E-state index contributed by atoms with van der Waals surface area (Å²) in [7, 11) is 1.36. The SMILES string of the molecule is COc1cc(C(=O)NC(C)c2cccc(N)c2)ccc1F. The monoisotopic (exact) mass is 288 g/mol. The number of anilines is 1. The molecule has 21 heavy (non-hydrogen) atoms. The van der Waals surface area contributed by atoms with Gasteiger partial charge in [-0.3, -0.25) is 4.79 Å². The van der Waals surface area contributed by atoms with Crippen LogP contribution in [0.15, 0.2) is 42.5 Å². The van der Waals surface area contributed by atoms with Crippen LogP contribution in [0.2, 0.25) is 0 Å². The molecule has 0 aromatic heterocycles. The minimum atomic E-state index is -0.502. The van der Waals surface area contributed by atoms with Gasteiger partial charge >= 0.3 is 0 Å². The van der Waals surface area contributed by atoms with E-state index in [9.17, 15) is 9.18 Å². The first-order valence-corrected chi connectivity index (χ1v) is 6.51. The third kappa shape index (κ3) is 3.51. The van der Waals surface area contributed by atoms with E-state index >= 15 is 0 Å². The highest BCUT2D eigenvalue weighted by Gasteiger charge is 2.13. The van der Waals surface area contributed by atoms with Crippen molar-refractivity contribution in [3.8, 4) is 5.75 Å². The van der Waals surface area contributed by atoms with Crippen LogP contribution in [-0.2, 0) is 0 Å². The number of carbonyl (C=O) groups excluding carboxylic acids is 1. The average Bonchev–Trinajstić information content (AvgIpc) is 2.47. The number of methoxy groups -OCH3 is 1. The molecule has 0 aliphatic rings. The Morgan fingerprint density at radius 2 is 2.05 bits per heavy atom. The van der Waals surface area contributed by atoms with Gasteiger partial charge in [-0.05, 0) is 42.8 Å².